The summed E-state index contributed by atoms with van der Waals surface area (Å²) < 4.78 is 18.5. The molecule has 1 fully saturated rings. The number of rotatable bonds is 4. The van der Waals surface area contributed by atoms with E-state index in [1.807, 2.05) is 6.07 Å². The molecule has 0 saturated heterocycles. The van der Waals surface area contributed by atoms with Crippen LogP contribution in [-0.2, 0) is 6.42 Å². The van der Waals surface area contributed by atoms with E-state index >= 15 is 0 Å². The zero-order valence-electron chi connectivity index (χ0n) is 11.0. The van der Waals surface area contributed by atoms with Crippen LogP contribution in [0.15, 0.2) is 18.2 Å². The van der Waals surface area contributed by atoms with Gasteiger partial charge in [-0.05, 0) is 42.9 Å². The van der Waals surface area contributed by atoms with E-state index in [0.29, 0.717) is 11.7 Å². The lowest BCUT2D eigenvalue weighted by atomic mass is 9.82. The molecule has 0 bridgehead atoms. The fourth-order valence-electron chi connectivity index (χ4n) is 2.84. The van der Waals surface area contributed by atoms with Crippen LogP contribution in [0.3, 0.4) is 0 Å². The van der Waals surface area contributed by atoms with E-state index in [2.05, 4.69) is 0 Å². The Morgan fingerprint density at radius 2 is 2.06 bits per heavy atom. The van der Waals surface area contributed by atoms with E-state index in [-0.39, 0.29) is 11.9 Å². The van der Waals surface area contributed by atoms with Crippen LogP contribution in [0, 0.1) is 11.7 Å². The summed E-state index contributed by atoms with van der Waals surface area (Å²) in [4.78, 5) is 0. The normalized spacial score (nSPS) is 18.6. The minimum atomic E-state index is -0.300. The topological polar surface area (TPSA) is 35.2 Å². The monoisotopic (exact) mass is 251 g/mol. The number of hydrogen-bond donors (Lipinski definition) is 1. The van der Waals surface area contributed by atoms with Crippen molar-refractivity contribution in [1.82, 2.24) is 0 Å². The quantitative estimate of drug-likeness (QED) is 0.891. The van der Waals surface area contributed by atoms with E-state index in [9.17, 15) is 4.39 Å². The van der Waals surface area contributed by atoms with Gasteiger partial charge in [0, 0.05) is 6.04 Å². The molecule has 18 heavy (non-hydrogen) atoms. The molecule has 0 heterocycles. The van der Waals surface area contributed by atoms with Crippen molar-refractivity contribution in [2.45, 2.75) is 44.6 Å². The Balaban J connectivity index is 1.97. The van der Waals surface area contributed by atoms with Crippen molar-refractivity contribution in [1.29, 1.82) is 0 Å². The van der Waals surface area contributed by atoms with Gasteiger partial charge in [0.1, 0.15) is 0 Å². The van der Waals surface area contributed by atoms with Gasteiger partial charge in [-0.1, -0.05) is 25.3 Å². The van der Waals surface area contributed by atoms with Gasteiger partial charge in [-0.15, -0.1) is 0 Å². The maximum absolute atomic E-state index is 13.6. The van der Waals surface area contributed by atoms with Crippen LogP contribution in [-0.4, -0.2) is 13.2 Å². The summed E-state index contributed by atoms with van der Waals surface area (Å²) in [6.45, 7) is 0. The molecular weight excluding hydrogens is 229 g/mol. The highest BCUT2D eigenvalue weighted by atomic mass is 19.1. The molecule has 100 valence electrons. The number of ether oxygens (including phenoxy) is 1. The standard InChI is InChI=1S/C15H22FNO/c1-18-15-8-7-11(9-13(15)16)10-14(17)12-5-3-2-4-6-12/h7-9,12,14H,2-6,10,17H2,1H3. The summed E-state index contributed by atoms with van der Waals surface area (Å²) >= 11 is 0. The number of methoxy groups -OCH3 is 1. The Hall–Kier alpha value is -1.09. The van der Waals surface area contributed by atoms with Gasteiger partial charge < -0.3 is 10.5 Å². The van der Waals surface area contributed by atoms with Crippen molar-refractivity contribution in [3.63, 3.8) is 0 Å². The first-order valence-electron chi connectivity index (χ1n) is 6.78. The number of nitrogens with two attached hydrogens (primary N) is 1. The second-order valence-corrected chi connectivity index (χ2v) is 5.23. The Labute approximate surface area is 108 Å². The van der Waals surface area contributed by atoms with Crippen LogP contribution in [0.1, 0.15) is 37.7 Å². The van der Waals surface area contributed by atoms with Crippen molar-refractivity contribution < 1.29 is 9.13 Å². The molecule has 1 aliphatic carbocycles. The molecular formula is C15H22FNO. The molecule has 1 aliphatic rings. The first-order chi connectivity index (χ1) is 8.70. The SMILES string of the molecule is COc1ccc(CC(N)C2CCCCC2)cc1F. The van der Waals surface area contributed by atoms with Gasteiger partial charge in [0.2, 0.25) is 0 Å². The lowest BCUT2D eigenvalue weighted by Crippen LogP contribution is -2.33. The fourth-order valence-corrected chi connectivity index (χ4v) is 2.84. The fraction of sp³-hybridized carbons (Fsp3) is 0.600. The van der Waals surface area contributed by atoms with E-state index in [1.54, 1.807) is 12.1 Å². The summed E-state index contributed by atoms with van der Waals surface area (Å²) in [6, 6.07) is 5.28. The minimum absolute atomic E-state index is 0.151. The highest BCUT2D eigenvalue weighted by molar-refractivity contribution is 5.29. The van der Waals surface area contributed by atoms with Crippen LogP contribution in [0.5, 0.6) is 5.75 Å². The van der Waals surface area contributed by atoms with E-state index in [4.69, 9.17) is 10.5 Å². The van der Waals surface area contributed by atoms with Gasteiger partial charge in [-0.2, -0.15) is 0 Å². The molecule has 2 rings (SSSR count). The molecule has 0 aromatic heterocycles. The number of benzene rings is 1. The molecule has 2 N–H and O–H groups in total. The zero-order chi connectivity index (χ0) is 13.0. The van der Waals surface area contributed by atoms with Gasteiger partial charge in [0.15, 0.2) is 11.6 Å². The lowest BCUT2D eigenvalue weighted by Gasteiger charge is -2.27. The Bertz CT molecular complexity index is 388. The third kappa shape index (κ3) is 3.22. The molecule has 1 aromatic rings. The summed E-state index contributed by atoms with van der Waals surface area (Å²) in [5.74, 6) is 0.597. The third-order valence-electron chi connectivity index (χ3n) is 3.94. The molecule has 0 amide bonds. The van der Waals surface area contributed by atoms with Gasteiger partial charge in [0.05, 0.1) is 7.11 Å². The smallest absolute Gasteiger partial charge is 0.165 e. The maximum Gasteiger partial charge on any atom is 0.165 e. The Morgan fingerprint density at radius 1 is 1.33 bits per heavy atom. The van der Waals surface area contributed by atoms with E-state index < -0.39 is 0 Å². The maximum atomic E-state index is 13.6. The number of hydrogen-bond acceptors (Lipinski definition) is 2. The van der Waals surface area contributed by atoms with Gasteiger partial charge in [-0.3, -0.25) is 0 Å². The van der Waals surface area contributed by atoms with Crippen molar-refractivity contribution in [2.75, 3.05) is 7.11 Å². The van der Waals surface area contributed by atoms with Gasteiger partial charge in [-0.25, -0.2) is 4.39 Å². The first kappa shape index (κ1) is 13.3. The van der Waals surface area contributed by atoms with Crippen molar-refractivity contribution in [3.8, 4) is 5.75 Å². The van der Waals surface area contributed by atoms with Gasteiger partial charge in [0.25, 0.3) is 0 Å². The van der Waals surface area contributed by atoms with Crippen LogP contribution in [0.4, 0.5) is 4.39 Å². The highest BCUT2D eigenvalue weighted by Gasteiger charge is 2.20. The third-order valence-corrected chi connectivity index (χ3v) is 3.94. The second-order valence-electron chi connectivity index (χ2n) is 5.23. The first-order valence-corrected chi connectivity index (χ1v) is 6.78. The summed E-state index contributed by atoms with van der Waals surface area (Å²) in [5, 5.41) is 0. The average molecular weight is 251 g/mol. The molecule has 2 nitrogen and oxygen atoms in total. The summed E-state index contributed by atoms with van der Waals surface area (Å²) in [6.07, 6.45) is 7.11. The molecule has 3 heteroatoms. The van der Waals surface area contributed by atoms with Crippen molar-refractivity contribution >= 4 is 0 Å². The molecule has 1 unspecified atom stereocenters. The van der Waals surface area contributed by atoms with Crippen LogP contribution >= 0.6 is 0 Å². The predicted molar refractivity (Wildman–Crippen MR) is 71.2 cm³/mol. The average Bonchev–Trinajstić information content (AvgIpc) is 2.40. The summed E-state index contributed by atoms with van der Waals surface area (Å²) in [7, 11) is 1.48. The van der Waals surface area contributed by atoms with Crippen LogP contribution in [0.25, 0.3) is 0 Å². The highest BCUT2D eigenvalue weighted by Crippen LogP contribution is 2.27. The second kappa shape index (κ2) is 6.19. The molecule has 1 saturated carbocycles. The van der Waals surface area contributed by atoms with Crippen LogP contribution in [0.2, 0.25) is 0 Å². The minimum Gasteiger partial charge on any atom is -0.494 e. The van der Waals surface area contributed by atoms with Crippen molar-refractivity contribution in [2.24, 2.45) is 11.7 Å². The predicted octanol–water partition coefficient (Wildman–Crippen LogP) is 3.28. The van der Waals surface area contributed by atoms with Crippen molar-refractivity contribution in [3.05, 3.63) is 29.6 Å². The molecule has 0 aliphatic heterocycles. The Kier molecular flexibility index (Phi) is 4.59. The molecule has 1 aromatic carbocycles. The van der Waals surface area contributed by atoms with E-state index in [1.165, 1.54) is 39.2 Å². The Morgan fingerprint density at radius 3 is 2.67 bits per heavy atom. The zero-order valence-corrected chi connectivity index (χ0v) is 11.0. The van der Waals surface area contributed by atoms with Crippen LogP contribution < -0.4 is 10.5 Å². The van der Waals surface area contributed by atoms with E-state index in [0.717, 1.165) is 12.0 Å². The molecule has 0 spiro atoms. The molecule has 1 atom stereocenters. The van der Waals surface area contributed by atoms with Gasteiger partial charge >= 0.3 is 0 Å². The largest absolute Gasteiger partial charge is 0.494 e. The lowest BCUT2D eigenvalue weighted by molar-refractivity contribution is 0.303. The summed E-state index contributed by atoms with van der Waals surface area (Å²) in [5.41, 5.74) is 7.21. The molecule has 0 radical (unpaired) electrons. The number of halogens is 1.